The summed E-state index contributed by atoms with van der Waals surface area (Å²) in [4.78, 5) is 37.8. The van der Waals surface area contributed by atoms with Crippen LogP contribution < -0.4 is 10.1 Å². The number of aliphatic hydroxyl groups is 2. The van der Waals surface area contributed by atoms with Crippen LogP contribution in [0.4, 0.5) is 0 Å². The van der Waals surface area contributed by atoms with Crippen LogP contribution in [0.2, 0.25) is 5.02 Å². The second kappa shape index (κ2) is 7.26. The Morgan fingerprint density at radius 1 is 1.17 bits per heavy atom. The van der Waals surface area contributed by atoms with E-state index in [1.165, 1.54) is 45.0 Å². The van der Waals surface area contributed by atoms with E-state index in [-0.39, 0.29) is 33.8 Å². The highest BCUT2D eigenvalue weighted by molar-refractivity contribution is 6.31. The van der Waals surface area contributed by atoms with Gasteiger partial charge in [0.15, 0.2) is 11.4 Å². The predicted octanol–water partition coefficient (Wildman–Crippen LogP) is 2.51. The topological polar surface area (TPSA) is 113 Å². The molecule has 1 amide bonds. The van der Waals surface area contributed by atoms with Gasteiger partial charge in [0.25, 0.3) is 5.91 Å². The molecule has 0 unspecified atom stereocenters. The fraction of sp³-hybridized carbons (Fsp3) is 0.286. The van der Waals surface area contributed by atoms with Crippen molar-refractivity contribution in [2.45, 2.75) is 38.7 Å². The minimum Gasteiger partial charge on any atom is -0.481 e. The maximum atomic E-state index is 13.3. The molecule has 0 bridgehead atoms. The van der Waals surface area contributed by atoms with Crippen LogP contribution in [0.25, 0.3) is 0 Å². The molecule has 2 aromatic carbocycles. The molecular weight excluding hydrogens is 398 g/mol. The van der Waals surface area contributed by atoms with Crippen LogP contribution in [0.1, 0.15) is 57.4 Å². The van der Waals surface area contributed by atoms with E-state index in [2.05, 4.69) is 5.32 Å². The summed E-state index contributed by atoms with van der Waals surface area (Å²) in [5.74, 6) is -1.84. The molecule has 0 aliphatic carbocycles. The van der Waals surface area contributed by atoms with Gasteiger partial charge in [-0.1, -0.05) is 17.7 Å². The molecule has 0 spiro atoms. The molecule has 0 saturated carbocycles. The van der Waals surface area contributed by atoms with Crippen molar-refractivity contribution in [3.8, 4) is 5.75 Å². The summed E-state index contributed by atoms with van der Waals surface area (Å²) in [6.07, 6.45) is 0. The van der Waals surface area contributed by atoms with Gasteiger partial charge in [-0.25, -0.2) is 0 Å². The third-order valence-electron chi connectivity index (χ3n) is 4.93. The van der Waals surface area contributed by atoms with E-state index >= 15 is 0 Å². The first-order valence-electron chi connectivity index (χ1n) is 8.83. The Bertz CT molecular complexity index is 1030. The molecule has 1 aliphatic heterocycles. The van der Waals surface area contributed by atoms with E-state index in [0.717, 1.165) is 0 Å². The second-order valence-electron chi connectivity index (χ2n) is 7.34. The standard InChI is InChI=1S/C21H20ClNO6/c1-11(25)13-7-14(10-24)17-16(9-13)18(26)21(28,20(2,3)29-17)23-19(27)12-5-4-6-15(22)8-12/h4-9,24,28H,10H2,1-3H3,(H,23,27)/t21-/m1/s1. The van der Waals surface area contributed by atoms with E-state index in [1.54, 1.807) is 12.1 Å². The number of rotatable bonds is 4. The quantitative estimate of drug-likeness (QED) is 0.520. The minimum absolute atomic E-state index is 0.0641. The summed E-state index contributed by atoms with van der Waals surface area (Å²) in [5, 5.41) is 23.5. The number of carbonyl (C=O) groups is 3. The van der Waals surface area contributed by atoms with Gasteiger partial charge in [-0.15, -0.1) is 0 Å². The summed E-state index contributed by atoms with van der Waals surface area (Å²) in [7, 11) is 0. The van der Waals surface area contributed by atoms with Crippen molar-refractivity contribution < 1.29 is 29.3 Å². The molecule has 0 aromatic heterocycles. The number of halogens is 1. The van der Waals surface area contributed by atoms with Gasteiger partial charge in [-0.2, -0.15) is 0 Å². The van der Waals surface area contributed by atoms with Crippen molar-refractivity contribution in [2.24, 2.45) is 0 Å². The normalized spacial score (nSPS) is 19.9. The van der Waals surface area contributed by atoms with E-state index in [9.17, 15) is 24.6 Å². The average Bonchev–Trinajstić information content (AvgIpc) is 2.65. The molecule has 1 heterocycles. The fourth-order valence-corrected chi connectivity index (χ4v) is 3.36. The minimum atomic E-state index is -2.43. The van der Waals surface area contributed by atoms with Crippen molar-refractivity contribution in [3.05, 3.63) is 63.7 Å². The molecule has 3 N–H and O–H groups in total. The van der Waals surface area contributed by atoms with Crippen LogP contribution in [0.15, 0.2) is 36.4 Å². The van der Waals surface area contributed by atoms with Gasteiger partial charge in [-0.05, 0) is 51.1 Å². The Balaban J connectivity index is 2.09. The predicted molar refractivity (Wildman–Crippen MR) is 105 cm³/mol. The van der Waals surface area contributed by atoms with Gasteiger partial charge < -0.3 is 20.3 Å². The van der Waals surface area contributed by atoms with Crippen molar-refractivity contribution in [3.63, 3.8) is 0 Å². The lowest BCUT2D eigenvalue weighted by Crippen LogP contribution is -2.70. The van der Waals surface area contributed by atoms with E-state index in [0.29, 0.717) is 5.02 Å². The lowest BCUT2D eigenvalue weighted by Gasteiger charge is -2.45. The number of ether oxygens (including phenoxy) is 1. The van der Waals surface area contributed by atoms with Gasteiger partial charge in [0.05, 0.1) is 12.2 Å². The fourth-order valence-electron chi connectivity index (χ4n) is 3.17. The van der Waals surface area contributed by atoms with Crippen LogP contribution in [0.5, 0.6) is 5.75 Å². The summed E-state index contributed by atoms with van der Waals surface area (Å²) in [5.41, 5.74) is -3.55. The van der Waals surface area contributed by atoms with Gasteiger partial charge in [-0.3, -0.25) is 14.4 Å². The summed E-state index contributed by atoms with van der Waals surface area (Å²) in [6.45, 7) is 3.71. The van der Waals surface area contributed by atoms with Crippen molar-refractivity contribution in [1.82, 2.24) is 5.32 Å². The molecule has 152 valence electrons. The first kappa shape index (κ1) is 21.0. The lowest BCUT2D eigenvalue weighted by molar-refractivity contribution is -0.109. The smallest absolute Gasteiger partial charge is 0.253 e. The molecule has 0 saturated heterocycles. The highest BCUT2D eigenvalue weighted by atomic mass is 35.5. The average molecular weight is 418 g/mol. The summed E-state index contributed by atoms with van der Waals surface area (Å²) < 4.78 is 5.84. The highest BCUT2D eigenvalue weighted by Gasteiger charge is 2.57. The molecule has 29 heavy (non-hydrogen) atoms. The van der Waals surface area contributed by atoms with Crippen LogP contribution in [0, 0.1) is 0 Å². The van der Waals surface area contributed by atoms with Crippen LogP contribution >= 0.6 is 11.6 Å². The molecule has 1 atom stereocenters. The Morgan fingerprint density at radius 3 is 2.45 bits per heavy atom. The summed E-state index contributed by atoms with van der Waals surface area (Å²) >= 11 is 5.91. The zero-order chi connectivity index (χ0) is 21.6. The monoisotopic (exact) mass is 417 g/mol. The maximum Gasteiger partial charge on any atom is 0.253 e. The third-order valence-corrected chi connectivity index (χ3v) is 5.16. The summed E-state index contributed by atoms with van der Waals surface area (Å²) in [6, 6.07) is 8.74. The van der Waals surface area contributed by atoms with E-state index in [1.807, 2.05) is 0 Å². The van der Waals surface area contributed by atoms with Gasteiger partial charge in [0.1, 0.15) is 5.75 Å². The van der Waals surface area contributed by atoms with Crippen LogP contribution in [-0.4, -0.2) is 39.0 Å². The number of fused-ring (bicyclic) bond motifs is 1. The molecule has 0 fully saturated rings. The number of Topliss-reactive ketones (excluding diaryl/α,β-unsaturated/α-hetero) is 2. The molecule has 3 rings (SSSR count). The number of benzene rings is 2. The number of hydrogen-bond donors (Lipinski definition) is 3. The number of aliphatic hydroxyl groups excluding tert-OH is 1. The zero-order valence-corrected chi connectivity index (χ0v) is 16.8. The molecule has 7 nitrogen and oxygen atoms in total. The van der Waals surface area contributed by atoms with Crippen LogP contribution in [-0.2, 0) is 6.61 Å². The lowest BCUT2D eigenvalue weighted by atomic mass is 9.81. The third kappa shape index (κ3) is 3.53. The van der Waals surface area contributed by atoms with Gasteiger partial charge in [0.2, 0.25) is 11.5 Å². The van der Waals surface area contributed by atoms with Gasteiger partial charge in [0, 0.05) is 21.7 Å². The first-order valence-corrected chi connectivity index (χ1v) is 9.21. The highest BCUT2D eigenvalue weighted by Crippen LogP contribution is 2.41. The zero-order valence-electron chi connectivity index (χ0n) is 16.1. The van der Waals surface area contributed by atoms with Crippen molar-refractivity contribution >= 4 is 29.1 Å². The van der Waals surface area contributed by atoms with E-state index < -0.39 is 29.6 Å². The Labute approximate surface area is 172 Å². The first-order chi connectivity index (χ1) is 13.5. The molecule has 8 heteroatoms. The number of carbonyl (C=O) groups excluding carboxylic acids is 3. The largest absolute Gasteiger partial charge is 0.481 e. The molecular formula is C21H20ClNO6. The molecule has 1 aliphatic rings. The number of hydrogen-bond acceptors (Lipinski definition) is 6. The Morgan fingerprint density at radius 2 is 1.86 bits per heavy atom. The van der Waals surface area contributed by atoms with Crippen LogP contribution in [0.3, 0.4) is 0 Å². The van der Waals surface area contributed by atoms with Crippen molar-refractivity contribution in [1.29, 1.82) is 0 Å². The maximum absolute atomic E-state index is 13.3. The molecule has 2 aromatic rings. The Kier molecular flexibility index (Phi) is 5.25. The molecule has 0 radical (unpaired) electrons. The number of amides is 1. The van der Waals surface area contributed by atoms with E-state index in [4.69, 9.17) is 16.3 Å². The number of ketones is 2. The number of nitrogens with one attached hydrogen (secondary N) is 1. The van der Waals surface area contributed by atoms with Crippen molar-refractivity contribution in [2.75, 3.05) is 0 Å². The van der Waals surface area contributed by atoms with Gasteiger partial charge >= 0.3 is 0 Å². The SMILES string of the molecule is CC(=O)c1cc(CO)c2c(c1)C(=O)[C@](O)(NC(=O)c1cccc(Cl)c1)C(C)(C)O2. The second-order valence-corrected chi connectivity index (χ2v) is 7.78. The Hall–Kier alpha value is -2.74.